The first kappa shape index (κ1) is 17.5. The van der Waals surface area contributed by atoms with Crippen molar-refractivity contribution in [1.82, 2.24) is 5.32 Å². The molecule has 0 aliphatic rings. The summed E-state index contributed by atoms with van der Waals surface area (Å²) in [6.07, 6.45) is 0.690. The molecule has 2 aromatic rings. The number of carbonyl (C=O) groups excluding carboxylic acids is 1. The van der Waals surface area contributed by atoms with E-state index in [2.05, 4.69) is 5.32 Å². The number of carboxylic acids is 1. The zero-order valence-electron chi connectivity index (χ0n) is 13.8. The van der Waals surface area contributed by atoms with Crippen LogP contribution in [0.25, 0.3) is 0 Å². The van der Waals surface area contributed by atoms with Crippen LogP contribution in [0.4, 0.5) is 0 Å². The van der Waals surface area contributed by atoms with E-state index in [4.69, 9.17) is 9.84 Å². The predicted octanol–water partition coefficient (Wildman–Crippen LogP) is 2.74. The number of carbonyl (C=O) groups is 2. The molecule has 2 N–H and O–H groups in total. The van der Waals surface area contributed by atoms with Crippen LogP contribution in [0.2, 0.25) is 0 Å². The molecule has 0 spiro atoms. The SMILES string of the molecule is Cc1cc(C)cc(C(=O)NCCc2ccc(OCC(=O)O)cc2)c1. The van der Waals surface area contributed by atoms with Crippen molar-refractivity contribution in [2.24, 2.45) is 0 Å². The third-order valence-electron chi connectivity index (χ3n) is 3.47. The fourth-order valence-corrected chi connectivity index (χ4v) is 2.43. The molecular weight excluding hydrogens is 306 g/mol. The number of rotatable bonds is 7. The predicted molar refractivity (Wildman–Crippen MR) is 91.5 cm³/mol. The molecule has 0 aromatic heterocycles. The van der Waals surface area contributed by atoms with Crippen molar-refractivity contribution in [1.29, 1.82) is 0 Å². The van der Waals surface area contributed by atoms with Crippen LogP contribution in [0.3, 0.4) is 0 Å². The number of aryl methyl sites for hydroxylation is 2. The van der Waals surface area contributed by atoms with E-state index in [1.54, 1.807) is 12.1 Å². The highest BCUT2D eigenvalue weighted by Gasteiger charge is 2.06. The quantitative estimate of drug-likeness (QED) is 0.820. The molecule has 126 valence electrons. The molecule has 2 aromatic carbocycles. The Labute approximate surface area is 141 Å². The number of nitrogens with one attached hydrogen (secondary N) is 1. The highest BCUT2D eigenvalue weighted by Crippen LogP contribution is 2.12. The number of amides is 1. The number of ether oxygens (including phenoxy) is 1. The average molecular weight is 327 g/mol. The van der Waals surface area contributed by atoms with E-state index in [1.807, 2.05) is 44.2 Å². The number of hydrogen-bond donors (Lipinski definition) is 2. The van der Waals surface area contributed by atoms with Crippen molar-refractivity contribution in [3.8, 4) is 5.75 Å². The van der Waals surface area contributed by atoms with Crippen LogP contribution >= 0.6 is 0 Å². The lowest BCUT2D eigenvalue weighted by atomic mass is 10.1. The summed E-state index contributed by atoms with van der Waals surface area (Å²) in [5, 5.41) is 11.5. The maximum absolute atomic E-state index is 12.2. The van der Waals surface area contributed by atoms with Crippen molar-refractivity contribution < 1.29 is 19.4 Å². The Morgan fingerprint density at radius 3 is 2.25 bits per heavy atom. The van der Waals surface area contributed by atoms with Crippen molar-refractivity contribution in [3.05, 3.63) is 64.7 Å². The summed E-state index contributed by atoms with van der Waals surface area (Å²) in [6, 6.07) is 13.0. The van der Waals surface area contributed by atoms with E-state index < -0.39 is 5.97 Å². The van der Waals surface area contributed by atoms with Gasteiger partial charge in [-0.05, 0) is 50.1 Å². The summed E-state index contributed by atoms with van der Waals surface area (Å²) in [5.41, 5.74) is 3.84. The minimum atomic E-state index is -1.01. The first-order chi connectivity index (χ1) is 11.4. The molecule has 1 amide bonds. The minimum Gasteiger partial charge on any atom is -0.482 e. The van der Waals surface area contributed by atoms with Crippen molar-refractivity contribution >= 4 is 11.9 Å². The standard InChI is InChI=1S/C19H21NO4/c1-13-9-14(2)11-16(10-13)19(23)20-8-7-15-3-5-17(6-4-15)24-12-18(21)22/h3-6,9-11H,7-8,12H2,1-2H3,(H,20,23)(H,21,22). The summed E-state index contributed by atoms with van der Waals surface area (Å²) >= 11 is 0. The number of aliphatic carboxylic acids is 1. The van der Waals surface area contributed by atoms with Gasteiger partial charge in [-0.1, -0.05) is 29.3 Å². The van der Waals surface area contributed by atoms with Gasteiger partial charge in [-0.15, -0.1) is 0 Å². The van der Waals surface area contributed by atoms with Gasteiger partial charge >= 0.3 is 5.97 Å². The van der Waals surface area contributed by atoms with Gasteiger partial charge in [-0.2, -0.15) is 0 Å². The van der Waals surface area contributed by atoms with Crippen LogP contribution in [0, 0.1) is 13.8 Å². The molecule has 24 heavy (non-hydrogen) atoms. The zero-order valence-corrected chi connectivity index (χ0v) is 13.8. The number of carboxylic acid groups (broad SMARTS) is 1. The highest BCUT2D eigenvalue weighted by molar-refractivity contribution is 5.94. The van der Waals surface area contributed by atoms with Crippen LogP contribution in [-0.4, -0.2) is 30.1 Å². The molecule has 0 bridgehead atoms. The summed E-state index contributed by atoms with van der Waals surface area (Å²) in [6.45, 7) is 4.11. The fourth-order valence-electron chi connectivity index (χ4n) is 2.43. The average Bonchev–Trinajstić information content (AvgIpc) is 2.53. The molecule has 2 rings (SSSR count). The van der Waals surface area contributed by atoms with Gasteiger partial charge in [0.2, 0.25) is 0 Å². The Bertz CT molecular complexity index is 702. The van der Waals surface area contributed by atoms with Crippen molar-refractivity contribution in [2.75, 3.05) is 13.2 Å². The largest absolute Gasteiger partial charge is 0.482 e. The lowest BCUT2D eigenvalue weighted by Crippen LogP contribution is -2.25. The Balaban J connectivity index is 1.83. The van der Waals surface area contributed by atoms with E-state index in [0.29, 0.717) is 24.3 Å². The van der Waals surface area contributed by atoms with Crippen molar-refractivity contribution in [3.63, 3.8) is 0 Å². The summed E-state index contributed by atoms with van der Waals surface area (Å²) in [5.74, 6) is -0.572. The first-order valence-electron chi connectivity index (χ1n) is 7.74. The van der Waals surface area contributed by atoms with Gasteiger partial charge in [0, 0.05) is 12.1 Å². The van der Waals surface area contributed by atoms with Gasteiger partial charge in [-0.3, -0.25) is 4.79 Å². The maximum atomic E-state index is 12.2. The van der Waals surface area contributed by atoms with Crippen LogP contribution in [0.5, 0.6) is 5.75 Å². The zero-order chi connectivity index (χ0) is 17.5. The van der Waals surface area contributed by atoms with Gasteiger partial charge in [-0.25, -0.2) is 4.79 Å². The molecule has 0 heterocycles. The molecule has 0 saturated heterocycles. The molecule has 5 nitrogen and oxygen atoms in total. The molecule has 0 aliphatic carbocycles. The van der Waals surface area contributed by atoms with E-state index in [1.165, 1.54) is 0 Å². The second-order valence-electron chi connectivity index (χ2n) is 5.71. The minimum absolute atomic E-state index is 0.0804. The second-order valence-corrected chi connectivity index (χ2v) is 5.71. The highest BCUT2D eigenvalue weighted by atomic mass is 16.5. The van der Waals surface area contributed by atoms with Gasteiger partial charge in [0.25, 0.3) is 5.91 Å². The Hall–Kier alpha value is -2.82. The Morgan fingerprint density at radius 2 is 1.67 bits per heavy atom. The number of benzene rings is 2. The maximum Gasteiger partial charge on any atom is 0.341 e. The third-order valence-corrected chi connectivity index (χ3v) is 3.47. The Morgan fingerprint density at radius 1 is 1.04 bits per heavy atom. The van der Waals surface area contributed by atoms with Crippen LogP contribution < -0.4 is 10.1 Å². The second kappa shape index (κ2) is 8.15. The van der Waals surface area contributed by atoms with Crippen molar-refractivity contribution in [2.45, 2.75) is 20.3 Å². The summed E-state index contributed by atoms with van der Waals surface area (Å²) in [7, 11) is 0. The van der Waals surface area contributed by atoms with E-state index in [-0.39, 0.29) is 12.5 Å². The molecule has 0 aliphatic heterocycles. The van der Waals surface area contributed by atoms with Crippen LogP contribution in [-0.2, 0) is 11.2 Å². The summed E-state index contributed by atoms with van der Waals surface area (Å²) < 4.78 is 5.08. The Kier molecular flexibility index (Phi) is 5.95. The molecule has 0 saturated carbocycles. The molecule has 0 radical (unpaired) electrons. The lowest BCUT2D eigenvalue weighted by Gasteiger charge is -2.08. The third kappa shape index (κ3) is 5.43. The monoisotopic (exact) mass is 327 g/mol. The van der Waals surface area contributed by atoms with Gasteiger partial charge in [0.05, 0.1) is 0 Å². The van der Waals surface area contributed by atoms with Gasteiger partial charge in [0.15, 0.2) is 6.61 Å². The van der Waals surface area contributed by atoms with E-state index in [9.17, 15) is 9.59 Å². The topological polar surface area (TPSA) is 75.6 Å². The van der Waals surface area contributed by atoms with Crippen LogP contribution in [0.1, 0.15) is 27.0 Å². The lowest BCUT2D eigenvalue weighted by molar-refractivity contribution is -0.139. The molecule has 5 heteroatoms. The molecule has 0 fully saturated rings. The first-order valence-corrected chi connectivity index (χ1v) is 7.74. The normalized spacial score (nSPS) is 10.2. The fraction of sp³-hybridized carbons (Fsp3) is 0.263. The van der Waals surface area contributed by atoms with Gasteiger partial charge < -0.3 is 15.2 Å². The molecule has 0 unspecified atom stereocenters. The molecular formula is C19H21NO4. The van der Waals surface area contributed by atoms with E-state index in [0.717, 1.165) is 16.7 Å². The molecule has 0 atom stereocenters. The summed E-state index contributed by atoms with van der Waals surface area (Å²) in [4.78, 5) is 22.6. The van der Waals surface area contributed by atoms with Gasteiger partial charge in [0.1, 0.15) is 5.75 Å². The van der Waals surface area contributed by atoms with E-state index >= 15 is 0 Å². The van der Waals surface area contributed by atoms with Crippen LogP contribution in [0.15, 0.2) is 42.5 Å². The number of hydrogen-bond acceptors (Lipinski definition) is 3. The smallest absolute Gasteiger partial charge is 0.341 e.